The van der Waals surface area contributed by atoms with E-state index in [9.17, 15) is 9.18 Å². The van der Waals surface area contributed by atoms with Crippen LogP contribution in [-0.2, 0) is 9.53 Å². The van der Waals surface area contributed by atoms with E-state index in [1.807, 2.05) is 11.6 Å². The van der Waals surface area contributed by atoms with E-state index in [-0.39, 0.29) is 18.3 Å². The molecule has 0 atom stereocenters. The molecule has 1 amide bonds. The number of aromatic nitrogens is 2. The molecule has 128 valence electrons. The average Bonchev–Trinajstić information content (AvgIpc) is 2.96. The van der Waals surface area contributed by atoms with Crippen molar-refractivity contribution in [3.05, 3.63) is 42.0 Å². The van der Waals surface area contributed by atoms with Gasteiger partial charge in [0.15, 0.2) is 18.2 Å². The summed E-state index contributed by atoms with van der Waals surface area (Å²) in [6, 6.07) is 6.28. The molecule has 1 fully saturated rings. The van der Waals surface area contributed by atoms with E-state index in [2.05, 4.69) is 10.4 Å². The second kappa shape index (κ2) is 7.44. The SMILES string of the molecule is Cc1c(NC(=O)COc2ccccc2F)cnn1C1CCOCC1. The molecule has 7 heteroatoms. The Balaban J connectivity index is 1.58. The molecular formula is C17H20FN3O3. The zero-order valence-electron chi connectivity index (χ0n) is 13.5. The molecule has 24 heavy (non-hydrogen) atoms. The fourth-order valence-corrected chi connectivity index (χ4v) is 2.74. The first-order valence-electron chi connectivity index (χ1n) is 7.94. The summed E-state index contributed by atoms with van der Waals surface area (Å²) < 4.78 is 25.9. The average molecular weight is 333 g/mol. The highest BCUT2D eigenvalue weighted by Crippen LogP contribution is 2.25. The molecule has 0 spiro atoms. The van der Waals surface area contributed by atoms with Crippen LogP contribution in [0.4, 0.5) is 10.1 Å². The van der Waals surface area contributed by atoms with Crippen LogP contribution in [0.3, 0.4) is 0 Å². The normalized spacial score (nSPS) is 15.2. The zero-order valence-corrected chi connectivity index (χ0v) is 13.5. The van der Waals surface area contributed by atoms with Gasteiger partial charge in [0.25, 0.3) is 5.91 Å². The Morgan fingerprint density at radius 1 is 1.42 bits per heavy atom. The number of ether oxygens (including phenoxy) is 2. The van der Waals surface area contributed by atoms with Crippen molar-refractivity contribution in [2.75, 3.05) is 25.1 Å². The molecule has 0 saturated carbocycles. The van der Waals surface area contributed by atoms with Gasteiger partial charge < -0.3 is 14.8 Å². The van der Waals surface area contributed by atoms with Crippen molar-refractivity contribution in [1.82, 2.24) is 9.78 Å². The van der Waals surface area contributed by atoms with Gasteiger partial charge in [0, 0.05) is 13.2 Å². The minimum atomic E-state index is -0.492. The summed E-state index contributed by atoms with van der Waals surface area (Å²) in [4.78, 5) is 12.0. The minimum Gasteiger partial charge on any atom is -0.481 e. The molecule has 2 heterocycles. The van der Waals surface area contributed by atoms with Gasteiger partial charge in [0.05, 0.1) is 23.6 Å². The Kier molecular flexibility index (Phi) is 5.10. The zero-order chi connectivity index (χ0) is 16.9. The van der Waals surface area contributed by atoms with E-state index in [4.69, 9.17) is 9.47 Å². The Morgan fingerprint density at radius 2 is 2.17 bits per heavy atom. The number of nitrogens with one attached hydrogen (secondary N) is 1. The van der Waals surface area contributed by atoms with Crippen molar-refractivity contribution in [3.8, 4) is 5.75 Å². The molecule has 6 nitrogen and oxygen atoms in total. The summed E-state index contributed by atoms with van der Waals surface area (Å²) in [6.45, 7) is 3.10. The third kappa shape index (κ3) is 3.73. The molecule has 1 aliphatic heterocycles. The number of nitrogens with zero attached hydrogens (tertiary/aromatic N) is 2. The lowest BCUT2D eigenvalue weighted by atomic mass is 10.1. The van der Waals surface area contributed by atoms with Gasteiger partial charge in [-0.3, -0.25) is 9.48 Å². The van der Waals surface area contributed by atoms with Crippen LogP contribution in [0.15, 0.2) is 30.5 Å². The third-order valence-corrected chi connectivity index (χ3v) is 4.05. The molecule has 1 saturated heterocycles. The molecule has 2 aromatic rings. The summed E-state index contributed by atoms with van der Waals surface area (Å²) in [5.41, 5.74) is 1.53. The summed E-state index contributed by atoms with van der Waals surface area (Å²) >= 11 is 0. The van der Waals surface area contributed by atoms with Crippen LogP contribution in [0.2, 0.25) is 0 Å². The molecule has 3 rings (SSSR count). The Bertz CT molecular complexity index is 711. The predicted molar refractivity (Wildman–Crippen MR) is 86.6 cm³/mol. The van der Waals surface area contributed by atoms with Gasteiger partial charge in [-0.2, -0.15) is 5.10 Å². The lowest BCUT2D eigenvalue weighted by Crippen LogP contribution is -2.22. The van der Waals surface area contributed by atoms with Gasteiger partial charge in [-0.05, 0) is 31.9 Å². The smallest absolute Gasteiger partial charge is 0.262 e. The van der Waals surface area contributed by atoms with Gasteiger partial charge >= 0.3 is 0 Å². The largest absolute Gasteiger partial charge is 0.481 e. The van der Waals surface area contributed by atoms with Gasteiger partial charge in [0.2, 0.25) is 0 Å². The van der Waals surface area contributed by atoms with E-state index in [0.717, 1.165) is 31.7 Å². The van der Waals surface area contributed by atoms with Crippen LogP contribution >= 0.6 is 0 Å². The van der Waals surface area contributed by atoms with Gasteiger partial charge in [0.1, 0.15) is 0 Å². The lowest BCUT2D eigenvalue weighted by Gasteiger charge is -2.23. The quantitative estimate of drug-likeness (QED) is 0.914. The predicted octanol–water partition coefficient (Wildman–Crippen LogP) is 2.70. The number of anilines is 1. The Hall–Kier alpha value is -2.41. The van der Waals surface area contributed by atoms with E-state index in [1.165, 1.54) is 12.1 Å². The van der Waals surface area contributed by atoms with Crippen LogP contribution in [0, 0.1) is 12.7 Å². The van der Waals surface area contributed by atoms with E-state index in [0.29, 0.717) is 11.7 Å². The molecule has 0 unspecified atom stereocenters. The maximum absolute atomic E-state index is 13.5. The van der Waals surface area contributed by atoms with Crippen LogP contribution in [0.1, 0.15) is 24.6 Å². The van der Waals surface area contributed by atoms with Crippen LogP contribution in [0.25, 0.3) is 0 Å². The van der Waals surface area contributed by atoms with Crippen molar-refractivity contribution in [2.24, 2.45) is 0 Å². The van der Waals surface area contributed by atoms with Crippen LogP contribution in [0.5, 0.6) is 5.75 Å². The summed E-state index contributed by atoms with van der Waals surface area (Å²) in [5.74, 6) is -0.788. The van der Waals surface area contributed by atoms with E-state index in [1.54, 1.807) is 18.3 Å². The first-order valence-corrected chi connectivity index (χ1v) is 7.94. The van der Waals surface area contributed by atoms with Crippen molar-refractivity contribution in [3.63, 3.8) is 0 Å². The standard InChI is InChI=1S/C17H20FN3O3/c1-12-15(10-19-21(12)13-6-8-23-9-7-13)20-17(22)11-24-16-5-3-2-4-14(16)18/h2-5,10,13H,6-9,11H2,1H3,(H,20,22). The topological polar surface area (TPSA) is 65.4 Å². The Morgan fingerprint density at radius 3 is 2.92 bits per heavy atom. The third-order valence-electron chi connectivity index (χ3n) is 4.05. The van der Waals surface area contributed by atoms with Crippen LogP contribution in [-0.4, -0.2) is 35.5 Å². The lowest BCUT2D eigenvalue weighted by molar-refractivity contribution is -0.118. The summed E-state index contributed by atoms with van der Waals surface area (Å²) in [6.07, 6.45) is 3.45. The highest BCUT2D eigenvalue weighted by Gasteiger charge is 2.20. The number of hydrogen-bond acceptors (Lipinski definition) is 4. The number of para-hydroxylation sites is 1. The maximum Gasteiger partial charge on any atom is 0.262 e. The molecule has 1 aromatic heterocycles. The van der Waals surface area contributed by atoms with Crippen molar-refractivity contribution < 1.29 is 18.7 Å². The van der Waals surface area contributed by atoms with Gasteiger partial charge in [-0.15, -0.1) is 0 Å². The molecule has 0 radical (unpaired) electrons. The summed E-state index contributed by atoms with van der Waals surface area (Å²) in [5, 5.41) is 7.13. The summed E-state index contributed by atoms with van der Waals surface area (Å²) in [7, 11) is 0. The monoisotopic (exact) mass is 333 g/mol. The molecule has 1 aromatic carbocycles. The molecular weight excluding hydrogens is 313 g/mol. The van der Waals surface area contributed by atoms with Crippen molar-refractivity contribution in [2.45, 2.75) is 25.8 Å². The highest BCUT2D eigenvalue weighted by atomic mass is 19.1. The first kappa shape index (κ1) is 16.4. The molecule has 1 aliphatic rings. The van der Waals surface area contributed by atoms with Gasteiger partial charge in [-0.25, -0.2) is 4.39 Å². The number of benzene rings is 1. The molecule has 0 aliphatic carbocycles. The number of hydrogen-bond donors (Lipinski definition) is 1. The fraction of sp³-hybridized carbons (Fsp3) is 0.412. The number of carbonyl (C=O) groups is 1. The second-order valence-electron chi connectivity index (χ2n) is 5.70. The van der Waals surface area contributed by atoms with Crippen molar-refractivity contribution >= 4 is 11.6 Å². The number of rotatable bonds is 5. The number of carbonyl (C=O) groups excluding carboxylic acids is 1. The number of halogens is 1. The Labute approximate surface area is 139 Å². The fourth-order valence-electron chi connectivity index (χ4n) is 2.74. The minimum absolute atomic E-state index is 0.0577. The van der Waals surface area contributed by atoms with Crippen LogP contribution < -0.4 is 10.1 Å². The highest BCUT2D eigenvalue weighted by molar-refractivity contribution is 5.92. The van der Waals surface area contributed by atoms with Crippen molar-refractivity contribution in [1.29, 1.82) is 0 Å². The number of amides is 1. The molecule has 1 N–H and O–H groups in total. The maximum atomic E-state index is 13.5. The second-order valence-corrected chi connectivity index (χ2v) is 5.70. The molecule has 0 bridgehead atoms. The van der Waals surface area contributed by atoms with Gasteiger partial charge in [-0.1, -0.05) is 12.1 Å². The van der Waals surface area contributed by atoms with E-state index < -0.39 is 5.82 Å². The van der Waals surface area contributed by atoms with E-state index >= 15 is 0 Å². The first-order chi connectivity index (χ1) is 11.6.